The van der Waals surface area contributed by atoms with E-state index >= 15 is 0 Å². The van der Waals surface area contributed by atoms with E-state index in [4.69, 9.17) is 0 Å². The maximum absolute atomic E-state index is 12.8. The Morgan fingerprint density at radius 2 is 1.84 bits per heavy atom. The van der Waals surface area contributed by atoms with Crippen LogP contribution in [-0.2, 0) is 4.79 Å². The van der Waals surface area contributed by atoms with Gasteiger partial charge in [-0.1, -0.05) is 42.0 Å². The Bertz CT molecular complexity index is 1160. The first-order valence-corrected chi connectivity index (χ1v) is 10.6. The van der Waals surface area contributed by atoms with Crippen molar-refractivity contribution in [1.29, 1.82) is 0 Å². The fraction of sp³-hybridized carbons (Fsp3) is 0.130. The van der Waals surface area contributed by atoms with Gasteiger partial charge in [0.1, 0.15) is 5.37 Å². The Kier molecular flexibility index (Phi) is 5.73. The van der Waals surface area contributed by atoms with E-state index in [1.165, 1.54) is 36.0 Å². The minimum atomic E-state index is -0.537. The van der Waals surface area contributed by atoms with Crippen molar-refractivity contribution in [3.05, 3.63) is 99.6 Å². The van der Waals surface area contributed by atoms with Crippen molar-refractivity contribution in [2.45, 2.75) is 12.3 Å². The number of aryl methyl sites for hydroxylation is 1. The molecule has 0 unspecified atom stereocenters. The topological polar surface area (TPSA) is 92.6 Å². The van der Waals surface area contributed by atoms with Gasteiger partial charge in [0, 0.05) is 34.6 Å². The van der Waals surface area contributed by atoms with Gasteiger partial charge in [-0.15, -0.1) is 11.8 Å². The average molecular weight is 433 g/mol. The highest BCUT2D eigenvalue weighted by Gasteiger charge is 2.35. The van der Waals surface area contributed by atoms with Crippen molar-refractivity contribution in [3.8, 4) is 0 Å². The smallest absolute Gasteiger partial charge is 0.270 e. The second kappa shape index (κ2) is 8.61. The standard InChI is InChI=1S/C23H19N3O4S/c1-15-9-11-17(12-10-15)25-21(27)14-31-23(25)19-7-2-3-8-20(19)24-22(28)16-5-4-6-18(13-16)26(29)30/h2-13,23H,14H2,1H3,(H,24,28)/t23-/m0/s1. The first-order valence-electron chi connectivity index (χ1n) is 9.59. The van der Waals surface area contributed by atoms with Gasteiger partial charge in [0.15, 0.2) is 0 Å². The van der Waals surface area contributed by atoms with E-state index in [9.17, 15) is 19.7 Å². The Hall–Kier alpha value is -3.65. The van der Waals surface area contributed by atoms with Gasteiger partial charge in [-0.2, -0.15) is 0 Å². The second-order valence-corrected chi connectivity index (χ2v) is 8.18. The minimum absolute atomic E-state index is 0.00123. The molecule has 1 saturated heterocycles. The third-order valence-corrected chi connectivity index (χ3v) is 6.17. The van der Waals surface area contributed by atoms with E-state index in [0.717, 1.165) is 16.8 Å². The van der Waals surface area contributed by atoms with Crippen molar-refractivity contribution >= 4 is 40.6 Å². The van der Waals surface area contributed by atoms with Crippen LogP contribution in [0.3, 0.4) is 0 Å². The molecule has 1 atom stereocenters. The first-order chi connectivity index (χ1) is 14.9. The minimum Gasteiger partial charge on any atom is -0.322 e. The molecule has 0 spiro atoms. The third-order valence-electron chi connectivity index (χ3n) is 4.97. The number of nitro benzene ring substituents is 1. The van der Waals surface area contributed by atoms with Crippen molar-refractivity contribution in [2.24, 2.45) is 0 Å². The normalized spacial score (nSPS) is 15.7. The number of thioether (sulfide) groups is 1. The lowest BCUT2D eigenvalue weighted by molar-refractivity contribution is -0.384. The van der Waals surface area contributed by atoms with E-state index in [-0.39, 0.29) is 22.5 Å². The molecule has 1 fully saturated rings. The molecule has 156 valence electrons. The molecule has 0 aromatic heterocycles. The molecule has 3 aromatic rings. The van der Waals surface area contributed by atoms with Crippen LogP contribution in [0.4, 0.5) is 17.1 Å². The summed E-state index contributed by atoms with van der Waals surface area (Å²) >= 11 is 1.49. The summed E-state index contributed by atoms with van der Waals surface area (Å²) in [6.07, 6.45) is 0. The fourth-order valence-electron chi connectivity index (χ4n) is 3.42. The lowest BCUT2D eigenvalue weighted by Gasteiger charge is -2.26. The summed E-state index contributed by atoms with van der Waals surface area (Å²) in [7, 11) is 0. The predicted molar refractivity (Wildman–Crippen MR) is 121 cm³/mol. The molecule has 1 N–H and O–H groups in total. The number of anilines is 2. The van der Waals surface area contributed by atoms with Crippen LogP contribution in [0.2, 0.25) is 0 Å². The number of benzene rings is 3. The van der Waals surface area contributed by atoms with Crippen molar-refractivity contribution in [3.63, 3.8) is 0 Å². The van der Waals surface area contributed by atoms with Crippen LogP contribution in [0.25, 0.3) is 0 Å². The molecule has 0 aliphatic carbocycles. The number of hydrogen-bond donors (Lipinski definition) is 1. The molecule has 0 saturated carbocycles. The summed E-state index contributed by atoms with van der Waals surface area (Å²) < 4.78 is 0. The fourth-order valence-corrected chi connectivity index (χ4v) is 4.63. The monoisotopic (exact) mass is 433 g/mol. The molecule has 7 nitrogen and oxygen atoms in total. The number of rotatable bonds is 5. The number of nitrogens with one attached hydrogen (secondary N) is 1. The summed E-state index contributed by atoms with van der Waals surface area (Å²) in [4.78, 5) is 37.7. The zero-order valence-electron chi connectivity index (χ0n) is 16.6. The first kappa shape index (κ1) is 20.6. The van der Waals surface area contributed by atoms with Crippen LogP contribution in [-0.4, -0.2) is 22.5 Å². The Labute approximate surface area is 183 Å². The Morgan fingerprint density at radius 3 is 2.58 bits per heavy atom. The second-order valence-electron chi connectivity index (χ2n) is 7.11. The van der Waals surface area contributed by atoms with E-state index < -0.39 is 10.8 Å². The maximum Gasteiger partial charge on any atom is 0.270 e. The van der Waals surface area contributed by atoms with Crippen LogP contribution in [0, 0.1) is 17.0 Å². The number of para-hydroxylation sites is 1. The summed E-state index contributed by atoms with van der Waals surface area (Å²) in [5, 5.41) is 13.6. The highest BCUT2D eigenvalue weighted by molar-refractivity contribution is 8.00. The number of hydrogen-bond acceptors (Lipinski definition) is 5. The number of amides is 2. The largest absolute Gasteiger partial charge is 0.322 e. The van der Waals surface area contributed by atoms with Gasteiger partial charge in [0.2, 0.25) is 5.91 Å². The van der Waals surface area contributed by atoms with Gasteiger partial charge < -0.3 is 5.32 Å². The van der Waals surface area contributed by atoms with Crippen LogP contribution in [0.1, 0.15) is 26.9 Å². The molecule has 1 aliphatic rings. The molecule has 8 heteroatoms. The maximum atomic E-state index is 12.8. The predicted octanol–water partition coefficient (Wildman–Crippen LogP) is 4.93. The van der Waals surface area contributed by atoms with Gasteiger partial charge in [0.05, 0.1) is 10.7 Å². The van der Waals surface area contributed by atoms with E-state index in [2.05, 4.69) is 5.32 Å². The van der Waals surface area contributed by atoms with Crippen LogP contribution in [0.15, 0.2) is 72.8 Å². The van der Waals surface area contributed by atoms with Crippen molar-refractivity contribution in [2.75, 3.05) is 16.0 Å². The molecule has 1 aliphatic heterocycles. The van der Waals surface area contributed by atoms with E-state index in [1.54, 1.807) is 17.0 Å². The Morgan fingerprint density at radius 1 is 1.10 bits per heavy atom. The zero-order valence-corrected chi connectivity index (χ0v) is 17.5. The molecule has 0 radical (unpaired) electrons. The third kappa shape index (κ3) is 4.29. The quantitative estimate of drug-likeness (QED) is 0.455. The number of nitro groups is 1. The SMILES string of the molecule is Cc1ccc(N2C(=O)CS[C@H]2c2ccccc2NC(=O)c2cccc([N+](=O)[O-])c2)cc1. The molecule has 2 amide bonds. The number of nitrogens with zero attached hydrogens (tertiary/aromatic N) is 2. The molecule has 1 heterocycles. The molecule has 31 heavy (non-hydrogen) atoms. The van der Waals surface area contributed by atoms with Crippen molar-refractivity contribution in [1.82, 2.24) is 0 Å². The van der Waals surface area contributed by atoms with Gasteiger partial charge in [-0.05, 0) is 31.2 Å². The zero-order chi connectivity index (χ0) is 22.0. The molecule has 3 aromatic carbocycles. The number of carbonyl (C=O) groups excluding carboxylic acids is 2. The van der Waals surface area contributed by atoms with Gasteiger partial charge in [0.25, 0.3) is 11.6 Å². The number of carbonyl (C=O) groups is 2. The lowest BCUT2D eigenvalue weighted by atomic mass is 10.1. The van der Waals surface area contributed by atoms with Crippen molar-refractivity contribution < 1.29 is 14.5 Å². The van der Waals surface area contributed by atoms with Gasteiger partial charge in [-0.3, -0.25) is 24.6 Å². The summed E-state index contributed by atoms with van der Waals surface area (Å²) in [6, 6.07) is 20.6. The molecular formula is C23H19N3O4S. The Balaban J connectivity index is 1.64. The summed E-state index contributed by atoms with van der Waals surface area (Å²) in [5.41, 5.74) is 3.29. The van der Waals surface area contributed by atoms with Gasteiger partial charge in [-0.25, -0.2) is 0 Å². The molecular weight excluding hydrogens is 414 g/mol. The van der Waals surface area contributed by atoms with E-state index in [1.807, 2.05) is 43.3 Å². The van der Waals surface area contributed by atoms with Crippen LogP contribution < -0.4 is 10.2 Å². The average Bonchev–Trinajstić information content (AvgIpc) is 3.16. The lowest BCUT2D eigenvalue weighted by Crippen LogP contribution is -2.28. The molecule has 0 bridgehead atoms. The number of non-ortho nitro benzene ring substituents is 1. The highest BCUT2D eigenvalue weighted by Crippen LogP contribution is 2.44. The van der Waals surface area contributed by atoms with Gasteiger partial charge >= 0.3 is 0 Å². The van der Waals surface area contributed by atoms with Crippen LogP contribution in [0.5, 0.6) is 0 Å². The highest BCUT2D eigenvalue weighted by atomic mass is 32.2. The summed E-state index contributed by atoms with van der Waals surface area (Å²) in [5.74, 6) is -0.114. The van der Waals surface area contributed by atoms with Crippen LogP contribution >= 0.6 is 11.8 Å². The molecule has 4 rings (SSSR count). The van der Waals surface area contributed by atoms with E-state index in [0.29, 0.717) is 11.4 Å². The summed E-state index contributed by atoms with van der Waals surface area (Å²) in [6.45, 7) is 1.99.